The van der Waals surface area contributed by atoms with Crippen LogP contribution in [0.4, 0.5) is 5.69 Å². The van der Waals surface area contributed by atoms with Crippen molar-refractivity contribution in [3.8, 4) is 17.4 Å². The number of hydrogen-bond donors (Lipinski definition) is 1. The highest BCUT2D eigenvalue weighted by molar-refractivity contribution is 5.74. The second kappa shape index (κ2) is 3.23. The Morgan fingerprint density at radius 1 is 1.36 bits per heavy atom. The predicted octanol–water partition coefficient (Wildman–Crippen LogP) is 1.80. The monoisotopic (exact) mass is 185 g/mol. The van der Waals surface area contributed by atoms with Crippen molar-refractivity contribution in [1.29, 1.82) is 5.26 Å². The Morgan fingerprint density at radius 2 is 2.14 bits per heavy atom. The van der Waals surface area contributed by atoms with E-state index in [4.69, 9.17) is 15.5 Å². The van der Waals surface area contributed by atoms with E-state index < -0.39 is 0 Å². The molecule has 2 aromatic rings. The van der Waals surface area contributed by atoms with Crippen LogP contribution in [0.15, 0.2) is 35.0 Å². The first kappa shape index (κ1) is 8.32. The molecule has 1 aromatic heterocycles. The highest BCUT2D eigenvalue weighted by atomic mass is 16.5. The van der Waals surface area contributed by atoms with Gasteiger partial charge in [-0.05, 0) is 12.1 Å². The van der Waals surface area contributed by atoms with Crippen molar-refractivity contribution in [2.75, 3.05) is 5.73 Å². The van der Waals surface area contributed by atoms with Gasteiger partial charge in [-0.15, -0.1) is 0 Å². The van der Waals surface area contributed by atoms with Crippen LogP contribution in [0.2, 0.25) is 0 Å². The predicted molar refractivity (Wildman–Crippen MR) is 51.1 cm³/mol. The first-order valence-corrected chi connectivity index (χ1v) is 4.02. The molecule has 4 nitrogen and oxygen atoms in total. The van der Waals surface area contributed by atoms with Gasteiger partial charge in [-0.2, -0.15) is 5.26 Å². The minimum absolute atomic E-state index is 0.438. The fourth-order valence-electron chi connectivity index (χ4n) is 1.23. The Bertz CT molecular complexity index is 496. The fourth-order valence-corrected chi connectivity index (χ4v) is 1.23. The molecule has 0 aliphatic carbocycles. The Hall–Kier alpha value is -2.28. The van der Waals surface area contributed by atoms with E-state index in [2.05, 4.69) is 11.2 Å². The number of hydrogen-bond acceptors (Lipinski definition) is 4. The fraction of sp³-hybridized carbons (Fsp3) is 0. The molecule has 0 aliphatic heterocycles. The maximum Gasteiger partial charge on any atom is 0.191 e. The summed E-state index contributed by atoms with van der Waals surface area (Å²) in [6, 6.07) is 9.15. The molecular formula is C10H7N3O. The number of nitrogen functional groups attached to an aromatic ring is 1. The number of nitrogens with two attached hydrogens (primary N) is 1. The lowest BCUT2D eigenvalue weighted by Gasteiger charge is -1.98. The summed E-state index contributed by atoms with van der Waals surface area (Å²) in [4.78, 5) is 0. The molecule has 0 fully saturated rings. The molecule has 0 unspecified atom stereocenters. The van der Waals surface area contributed by atoms with Crippen molar-refractivity contribution < 1.29 is 4.52 Å². The highest BCUT2D eigenvalue weighted by Gasteiger charge is 2.11. The standard InChI is InChI=1S/C10H7N3O/c11-5-7-3-1-2-4-8(7)10-9(12)6-13-14-10/h1-4,6H,12H2. The number of nitrogens with zero attached hydrogens (tertiary/aromatic N) is 2. The van der Waals surface area contributed by atoms with Gasteiger partial charge in [0.25, 0.3) is 0 Å². The molecule has 0 atom stereocenters. The van der Waals surface area contributed by atoms with Gasteiger partial charge in [0.05, 0.1) is 17.8 Å². The van der Waals surface area contributed by atoms with Crippen molar-refractivity contribution in [1.82, 2.24) is 5.16 Å². The van der Waals surface area contributed by atoms with Gasteiger partial charge in [0.2, 0.25) is 0 Å². The van der Waals surface area contributed by atoms with Crippen LogP contribution in [-0.4, -0.2) is 5.16 Å². The van der Waals surface area contributed by atoms with Gasteiger partial charge in [-0.1, -0.05) is 17.3 Å². The molecule has 0 bridgehead atoms. The number of nitriles is 1. The molecule has 0 spiro atoms. The average molecular weight is 185 g/mol. The summed E-state index contributed by atoms with van der Waals surface area (Å²) in [7, 11) is 0. The molecule has 0 aliphatic rings. The molecule has 14 heavy (non-hydrogen) atoms. The summed E-state index contributed by atoms with van der Waals surface area (Å²) >= 11 is 0. The van der Waals surface area contributed by atoms with Gasteiger partial charge >= 0.3 is 0 Å². The smallest absolute Gasteiger partial charge is 0.191 e. The van der Waals surface area contributed by atoms with Crippen molar-refractivity contribution in [3.05, 3.63) is 36.0 Å². The summed E-state index contributed by atoms with van der Waals surface area (Å²) in [6.07, 6.45) is 1.42. The number of anilines is 1. The van der Waals surface area contributed by atoms with Crippen LogP contribution in [-0.2, 0) is 0 Å². The maximum atomic E-state index is 8.86. The van der Waals surface area contributed by atoms with E-state index in [1.807, 2.05) is 6.07 Å². The molecule has 1 heterocycles. The maximum absolute atomic E-state index is 8.86. The normalized spacial score (nSPS) is 9.64. The first-order valence-electron chi connectivity index (χ1n) is 4.02. The molecular weight excluding hydrogens is 178 g/mol. The van der Waals surface area contributed by atoms with Crippen LogP contribution in [0.5, 0.6) is 0 Å². The molecule has 2 N–H and O–H groups in total. The van der Waals surface area contributed by atoms with Crippen LogP contribution in [0.3, 0.4) is 0 Å². The van der Waals surface area contributed by atoms with Crippen LogP contribution >= 0.6 is 0 Å². The van der Waals surface area contributed by atoms with Crippen molar-refractivity contribution in [2.45, 2.75) is 0 Å². The third-order valence-electron chi connectivity index (χ3n) is 1.89. The zero-order chi connectivity index (χ0) is 9.97. The molecule has 2 rings (SSSR count). The van der Waals surface area contributed by atoms with Gasteiger partial charge in [0.15, 0.2) is 5.76 Å². The van der Waals surface area contributed by atoms with E-state index in [-0.39, 0.29) is 0 Å². The van der Waals surface area contributed by atoms with Crippen molar-refractivity contribution >= 4 is 5.69 Å². The lowest BCUT2D eigenvalue weighted by atomic mass is 10.1. The van der Waals surface area contributed by atoms with Gasteiger partial charge in [0.1, 0.15) is 5.69 Å². The van der Waals surface area contributed by atoms with E-state index in [0.29, 0.717) is 22.6 Å². The lowest BCUT2D eigenvalue weighted by molar-refractivity contribution is 0.432. The Labute approximate surface area is 80.6 Å². The molecule has 4 heteroatoms. The number of aromatic nitrogens is 1. The van der Waals surface area contributed by atoms with E-state index in [1.54, 1.807) is 18.2 Å². The minimum Gasteiger partial charge on any atom is -0.394 e. The van der Waals surface area contributed by atoms with Gasteiger partial charge in [-0.25, -0.2) is 0 Å². The largest absolute Gasteiger partial charge is 0.394 e. The van der Waals surface area contributed by atoms with E-state index in [1.165, 1.54) is 6.20 Å². The quantitative estimate of drug-likeness (QED) is 0.734. The summed E-state index contributed by atoms with van der Waals surface area (Å²) in [6.45, 7) is 0. The molecule has 68 valence electrons. The third-order valence-corrected chi connectivity index (χ3v) is 1.89. The van der Waals surface area contributed by atoms with Crippen LogP contribution in [0, 0.1) is 11.3 Å². The van der Waals surface area contributed by atoms with Crippen LogP contribution in [0.1, 0.15) is 5.56 Å². The Kier molecular flexibility index (Phi) is 1.92. The zero-order valence-corrected chi connectivity index (χ0v) is 7.27. The second-order valence-corrected chi connectivity index (χ2v) is 2.77. The third kappa shape index (κ3) is 1.21. The zero-order valence-electron chi connectivity index (χ0n) is 7.27. The van der Waals surface area contributed by atoms with Gasteiger partial charge < -0.3 is 10.3 Å². The Morgan fingerprint density at radius 3 is 2.79 bits per heavy atom. The topological polar surface area (TPSA) is 75.8 Å². The molecule has 0 amide bonds. The van der Waals surface area contributed by atoms with Gasteiger partial charge in [0, 0.05) is 5.56 Å². The van der Waals surface area contributed by atoms with Crippen LogP contribution < -0.4 is 5.73 Å². The number of rotatable bonds is 1. The second-order valence-electron chi connectivity index (χ2n) is 2.77. The van der Waals surface area contributed by atoms with E-state index in [0.717, 1.165) is 0 Å². The average Bonchev–Trinajstić information content (AvgIpc) is 2.64. The molecule has 0 saturated heterocycles. The Balaban J connectivity index is 2.64. The van der Waals surface area contributed by atoms with Gasteiger partial charge in [-0.3, -0.25) is 0 Å². The van der Waals surface area contributed by atoms with Crippen LogP contribution in [0.25, 0.3) is 11.3 Å². The minimum atomic E-state index is 0.438. The summed E-state index contributed by atoms with van der Waals surface area (Å²) in [5.74, 6) is 0.446. The van der Waals surface area contributed by atoms with Crippen molar-refractivity contribution in [3.63, 3.8) is 0 Å². The van der Waals surface area contributed by atoms with Crippen molar-refractivity contribution in [2.24, 2.45) is 0 Å². The number of benzene rings is 1. The van der Waals surface area contributed by atoms with E-state index in [9.17, 15) is 0 Å². The summed E-state index contributed by atoms with van der Waals surface area (Å²) in [5, 5.41) is 12.4. The molecule has 1 aromatic carbocycles. The van der Waals surface area contributed by atoms with E-state index >= 15 is 0 Å². The molecule has 0 radical (unpaired) electrons. The SMILES string of the molecule is N#Cc1ccccc1-c1oncc1N. The lowest BCUT2D eigenvalue weighted by Crippen LogP contribution is -1.87. The highest BCUT2D eigenvalue weighted by Crippen LogP contribution is 2.27. The molecule has 0 saturated carbocycles. The summed E-state index contributed by atoms with van der Waals surface area (Å²) < 4.78 is 4.97. The summed E-state index contributed by atoms with van der Waals surface area (Å²) in [5.41, 5.74) is 7.26. The first-order chi connectivity index (χ1) is 6.83.